The zero-order chi connectivity index (χ0) is 10.4. The second-order valence-electron chi connectivity index (χ2n) is 3.05. The van der Waals surface area contributed by atoms with E-state index in [9.17, 15) is 0 Å². The summed E-state index contributed by atoms with van der Waals surface area (Å²) in [6.07, 6.45) is 4.80. The van der Waals surface area contributed by atoms with Gasteiger partial charge in [-0.05, 0) is 12.7 Å². The van der Waals surface area contributed by atoms with Crippen molar-refractivity contribution in [3.05, 3.63) is 11.7 Å². The van der Waals surface area contributed by atoms with Crippen molar-refractivity contribution in [3.8, 4) is 0 Å². The molecule has 1 atom stereocenters. The molecule has 1 heterocycles. The van der Waals surface area contributed by atoms with E-state index in [0.29, 0.717) is 11.7 Å². The lowest BCUT2D eigenvalue weighted by molar-refractivity contribution is 0.376. The van der Waals surface area contributed by atoms with Crippen LogP contribution in [0.15, 0.2) is 4.52 Å². The monoisotopic (exact) mass is 234 g/mol. The fraction of sp³-hybridized carbons (Fsp3) is 0.778. The normalized spacial score (nSPS) is 13.1. The lowest BCUT2D eigenvalue weighted by atomic mass is 10.2. The fourth-order valence-corrected chi connectivity index (χ4v) is 1.75. The molecule has 0 aliphatic carbocycles. The topological polar surface area (TPSA) is 38.9 Å². The summed E-state index contributed by atoms with van der Waals surface area (Å²) in [5.41, 5.74) is 0. The third-order valence-corrected chi connectivity index (χ3v) is 2.85. The van der Waals surface area contributed by atoms with Gasteiger partial charge in [-0.2, -0.15) is 16.7 Å². The molecule has 1 rings (SSSR count). The van der Waals surface area contributed by atoms with E-state index in [1.165, 1.54) is 0 Å². The first-order valence-corrected chi connectivity index (χ1v) is 6.56. The van der Waals surface area contributed by atoms with Crippen molar-refractivity contribution in [3.63, 3.8) is 0 Å². The van der Waals surface area contributed by atoms with Crippen LogP contribution in [-0.2, 0) is 6.42 Å². The van der Waals surface area contributed by atoms with Crippen molar-refractivity contribution < 1.29 is 4.52 Å². The molecule has 1 aromatic heterocycles. The number of nitrogens with zero attached hydrogens (tertiary/aromatic N) is 2. The van der Waals surface area contributed by atoms with E-state index < -0.39 is 0 Å². The molecule has 5 heteroatoms. The van der Waals surface area contributed by atoms with Crippen molar-refractivity contribution in [2.45, 2.75) is 31.6 Å². The summed E-state index contributed by atoms with van der Waals surface area (Å²) in [6.45, 7) is 2.09. The van der Waals surface area contributed by atoms with Crippen LogP contribution in [0.2, 0.25) is 0 Å². The quantitative estimate of drug-likeness (QED) is 0.710. The molecule has 0 amide bonds. The first kappa shape index (κ1) is 11.9. The second kappa shape index (κ2) is 6.30. The Hall–Kier alpha value is -0.220. The lowest BCUT2D eigenvalue weighted by Gasteiger charge is -1.99. The molecule has 0 N–H and O–H groups in total. The summed E-state index contributed by atoms with van der Waals surface area (Å²) in [7, 11) is 0. The Kier molecular flexibility index (Phi) is 5.33. The minimum Gasteiger partial charge on any atom is -0.339 e. The van der Waals surface area contributed by atoms with Gasteiger partial charge in [-0.25, -0.2) is 0 Å². The SMILES string of the molecule is CCCC(Cl)c1noc(CCSC)n1. The Labute approximate surface area is 93.6 Å². The van der Waals surface area contributed by atoms with Crippen molar-refractivity contribution in [1.82, 2.24) is 10.1 Å². The van der Waals surface area contributed by atoms with Crippen molar-refractivity contribution in [2.24, 2.45) is 0 Å². The third kappa shape index (κ3) is 3.50. The van der Waals surface area contributed by atoms with Crippen LogP contribution >= 0.6 is 23.4 Å². The van der Waals surface area contributed by atoms with Crippen molar-refractivity contribution in [1.29, 1.82) is 0 Å². The number of rotatable bonds is 6. The maximum absolute atomic E-state index is 6.06. The third-order valence-electron chi connectivity index (χ3n) is 1.83. The second-order valence-corrected chi connectivity index (χ2v) is 4.56. The van der Waals surface area contributed by atoms with Crippen LogP contribution in [0.3, 0.4) is 0 Å². The van der Waals surface area contributed by atoms with Gasteiger partial charge < -0.3 is 4.52 Å². The molecule has 0 bridgehead atoms. The molecule has 0 saturated heterocycles. The number of hydrogen-bond donors (Lipinski definition) is 0. The average Bonchev–Trinajstić information content (AvgIpc) is 2.63. The Balaban J connectivity index is 2.49. The van der Waals surface area contributed by atoms with Gasteiger partial charge >= 0.3 is 0 Å². The van der Waals surface area contributed by atoms with Crippen LogP contribution in [0.5, 0.6) is 0 Å². The minimum atomic E-state index is -0.105. The van der Waals surface area contributed by atoms with Gasteiger partial charge in [0.1, 0.15) is 0 Å². The summed E-state index contributed by atoms with van der Waals surface area (Å²) < 4.78 is 5.08. The number of thioether (sulfide) groups is 1. The van der Waals surface area contributed by atoms with Crippen LogP contribution < -0.4 is 0 Å². The molecule has 3 nitrogen and oxygen atoms in total. The van der Waals surface area contributed by atoms with E-state index in [2.05, 4.69) is 23.3 Å². The van der Waals surface area contributed by atoms with E-state index in [1.54, 1.807) is 11.8 Å². The maximum Gasteiger partial charge on any atom is 0.227 e. The highest BCUT2D eigenvalue weighted by Gasteiger charge is 2.14. The maximum atomic E-state index is 6.06. The smallest absolute Gasteiger partial charge is 0.227 e. The summed E-state index contributed by atoms with van der Waals surface area (Å²) in [5.74, 6) is 2.32. The molecular formula is C9H15ClN2OS. The fourth-order valence-electron chi connectivity index (χ4n) is 1.07. The summed E-state index contributed by atoms with van der Waals surface area (Å²) in [6, 6.07) is 0. The largest absolute Gasteiger partial charge is 0.339 e. The first-order chi connectivity index (χ1) is 6.77. The van der Waals surface area contributed by atoms with Gasteiger partial charge in [0.25, 0.3) is 0 Å². The predicted molar refractivity (Wildman–Crippen MR) is 59.9 cm³/mol. The van der Waals surface area contributed by atoms with Gasteiger partial charge in [0.2, 0.25) is 5.89 Å². The van der Waals surface area contributed by atoms with E-state index in [1.807, 2.05) is 0 Å². The molecule has 80 valence electrons. The van der Waals surface area contributed by atoms with Gasteiger partial charge in [-0.15, -0.1) is 11.6 Å². The van der Waals surface area contributed by atoms with Crippen LogP contribution in [0.1, 0.15) is 36.9 Å². The Bertz CT molecular complexity index is 267. The highest BCUT2D eigenvalue weighted by atomic mass is 35.5. The molecule has 0 fully saturated rings. The van der Waals surface area contributed by atoms with E-state index in [4.69, 9.17) is 16.1 Å². The number of aromatic nitrogens is 2. The lowest BCUT2D eigenvalue weighted by Crippen LogP contribution is -1.94. The molecule has 0 radical (unpaired) electrons. The van der Waals surface area contributed by atoms with E-state index in [-0.39, 0.29) is 5.38 Å². The predicted octanol–water partition coefficient (Wildman–Crippen LogP) is 3.06. The molecule has 1 aromatic rings. The summed E-state index contributed by atoms with van der Waals surface area (Å²) >= 11 is 7.83. The number of hydrogen-bond acceptors (Lipinski definition) is 4. The number of aryl methyl sites for hydroxylation is 1. The van der Waals surface area contributed by atoms with Crippen LogP contribution in [0, 0.1) is 0 Å². The van der Waals surface area contributed by atoms with Crippen LogP contribution in [0.25, 0.3) is 0 Å². The van der Waals surface area contributed by atoms with Crippen molar-refractivity contribution in [2.75, 3.05) is 12.0 Å². The molecular weight excluding hydrogens is 220 g/mol. The number of halogens is 1. The highest BCUT2D eigenvalue weighted by Crippen LogP contribution is 2.22. The van der Waals surface area contributed by atoms with Crippen LogP contribution in [-0.4, -0.2) is 22.1 Å². The highest BCUT2D eigenvalue weighted by molar-refractivity contribution is 7.98. The molecule has 0 aliphatic heterocycles. The van der Waals surface area contributed by atoms with E-state index >= 15 is 0 Å². The molecule has 0 spiro atoms. The van der Waals surface area contributed by atoms with Crippen molar-refractivity contribution >= 4 is 23.4 Å². The van der Waals surface area contributed by atoms with Gasteiger partial charge in [-0.1, -0.05) is 18.5 Å². The molecule has 0 aliphatic rings. The summed E-state index contributed by atoms with van der Waals surface area (Å²) in [5, 5.41) is 3.76. The van der Waals surface area contributed by atoms with Gasteiger partial charge in [0, 0.05) is 12.2 Å². The average molecular weight is 235 g/mol. The van der Waals surface area contributed by atoms with Gasteiger partial charge in [0.05, 0.1) is 5.38 Å². The minimum absolute atomic E-state index is 0.105. The summed E-state index contributed by atoms with van der Waals surface area (Å²) in [4.78, 5) is 4.24. The standard InChI is InChI=1S/C9H15ClN2OS/c1-3-4-7(10)9-11-8(13-12-9)5-6-14-2/h7H,3-6H2,1-2H3. The molecule has 14 heavy (non-hydrogen) atoms. The van der Waals surface area contributed by atoms with Crippen LogP contribution in [0.4, 0.5) is 0 Å². The van der Waals surface area contributed by atoms with Gasteiger partial charge in [0.15, 0.2) is 5.82 Å². The first-order valence-electron chi connectivity index (χ1n) is 4.73. The zero-order valence-corrected chi connectivity index (χ0v) is 10.1. The Morgan fingerprint density at radius 1 is 1.57 bits per heavy atom. The number of alkyl halides is 1. The van der Waals surface area contributed by atoms with Gasteiger partial charge in [-0.3, -0.25) is 0 Å². The zero-order valence-electron chi connectivity index (χ0n) is 8.49. The Morgan fingerprint density at radius 3 is 3.00 bits per heavy atom. The molecule has 0 aromatic carbocycles. The Morgan fingerprint density at radius 2 is 2.36 bits per heavy atom. The molecule has 0 saturated carbocycles. The van der Waals surface area contributed by atoms with E-state index in [0.717, 1.165) is 25.0 Å². The molecule has 1 unspecified atom stereocenters.